The SMILES string of the molecule is COc1cc(/C=C2/C[C@H](C)OC2=O)cc(OC)c1OC. The van der Waals surface area contributed by atoms with Crippen LogP contribution in [0.5, 0.6) is 17.2 Å². The van der Waals surface area contributed by atoms with Crippen molar-refractivity contribution >= 4 is 12.0 Å². The van der Waals surface area contributed by atoms with E-state index in [4.69, 9.17) is 18.9 Å². The van der Waals surface area contributed by atoms with Gasteiger partial charge in [0.15, 0.2) is 11.5 Å². The Morgan fingerprint density at radius 2 is 1.75 bits per heavy atom. The molecule has 0 radical (unpaired) electrons. The smallest absolute Gasteiger partial charge is 0.334 e. The third-order valence-corrected chi connectivity index (χ3v) is 3.11. The molecule has 0 N–H and O–H groups in total. The Morgan fingerprint density at radius 1 is 1.15 bits per heavy atom. The van der Waals surface area contributed by atoms with Crippen LogP contribution in [0.15, 0.2) is 17.7 Å². The second-order valence-corrected chi connectivity index (χ2v) is 4.55. The second-order valence-electron chi connectivity index (χ2n) is 4.55. The average Bonchev–Trinajstić information content (AvgIpc) is 2.75. The van der Waals surface area contributed by atoms with Gasteiger partial charge in [0.1, 0.15) is 6.10 Å². The van der Waals surface area contributed by atoms with Gasteiger partial charge >= 0.3 is 5.97 Å². The largest absolute Gasteiger partial charge is 0.493 e. The van der Waals surface area contributed by atoms with Crippen LogP contribution < -0.4 is 14.2 Å². The van der Waals surface area contributed by atoms with Crippen molar-refractivity contribution in [1.29, 1.82) is 0 Å². The van der Waals surface area contributed by atoms with Crippen molar-refractivity contribution in [3.63, 3.8) is 0 Å². The topological polar surface area (TPSA) is 54.0 Å². The Balaban J connectivity index is 2.43. The van der Waals surface area contributed by atoms with Crippen LogP contribution in [0, 0.1) is 0 Å². The van der Waals surface area contributed by atoms with E-state index in [9.17, 15) is 4.79 Å². The van der Waals surface area contributed by atoms with Gasteiger partial charge in [0, 0.05) is 12.0 Å². The normalized spacial score (nSPS) is 19.9. The lowest BCUT2D eigenvalue weighted by Gasteiger charge is -2.13. The first kappa shape index (κ1) is 14.2. The Labute approximate surface area is 118 Å². The predicted octanol–water partition coefficient (Wildman–Crippen LogP) is 2.43. The summed E-state index contributed by atoms with van der Waals surface area (Å²) in [4.78, 5) is 11.6. The number of methoxy groups -OCH3 is 3. The Hall–Kier alpha value is -2.17. The fourth-order valence-electron chi connectivity index (χ4n) is 2.20. The zero-order valence-corrected chi connectivity index (χ0v) is 12.1. The number of carbonyl (C=O) groups excluding carboxylic acids is 1. The van der Waals surface area contributed by atoms with Gasteiger partial charge in [-0.1, -0.05) is 0 Å². The molecule has 0 spiro atoms. The van der Waals surface area contributed by atoms with E-state index < -0.39 is 0 Å². The van der Waals surface area contributed by atoms with E-state index in [-0.39, 0.29) is 12.1 Å². The predicted molar refractivity (Wildman–Crippen MR) is 74.2 cm³/mol. The third-order valence-electron chi connectivity index (χ3n) is 3.11. The van der Waals surface area contributed by atoms with E-state index in [0.717, 1.165) is 5.56 Å². The van der Waals surface area contributed by atoms with Crippen LogP contribution in [0.4, 0.5) is 0 Å². The van der Waals surface area contributed by atoms with E-state index in [0.29, 0.717) is 29.2 Å². The molecule has 1 aromatic rings. The van der Waals surface area contributed by atoms with Gasteiger partial charge in [-0.2, -0.15) is 0 Å². The maximum atomic E-state index is 11.6. The minimum atomic E-state index is -0.272. The summed E-state index contributed by atoms with van der Waals surface area (Å²) in [6, 6.07) is 3.59. The van der Waals surface area contributed by atoms with Gasteiger partial charge in [-0.05, 0) is 30.7 Å². The molecule has 108 valence electrons. The van der Waals surface area contributed by atoms with Crippen molar-refractivity contribution < 1.29 is 23.7 Å². The van der Waals surface area contributed by atoms with Crippen LogP contribution in [-0.4, -0.2) is 33.4 Å². The fourth-order valence-corrected chi connectivity index (χ4v) is 2.20. The monoisotopic (exact) mass is 278 g/mol. The molecule has 1 saturated heterocycles. The molecule has 0 bridgehead atoms. The Kier molecular flexibility index (Phi) is 4.17. The molecule has 1 aromatic carbocycles. The van der Waals surface area contributed by atoms with Crippen LogP contribution in [-0.2, 0) is 9.53 Å². The molecular weight excluding hydrogens is 260 g/mol. The molecule has 0 amide bonds. The third kappa shape index (κ3) is 2.71. The minimum Gasteiger partial charge on any atom is -0.493 e. The molecule has 0 aliphatic carbocycles. The number of esters is 1. The standard InChI is InChI=1S/C15H18O5/c1-9-5-11(15(16)20-9)6-10-7-12(17-2)14(19-4)13(8-10)18-3/h6-9H,5H2,1-4H3/b11-6-/t9-/m0/s1. The van der Waals surface area contributed by atoms with Gasteiger partial charge in [0.25, 0.3) is 0 Å². The first-order valence-electron chi connectivity index (χ1n) is 6.30. The maximum absolute atomic E-state index is 11.6. The van der Waals surface area contributed by atoms with E-state index in [1.807, 2.05) is 6.92 Å². The van der Waals surface area contributed by atoms with Crippen molar-refractivity contribution in [1.82, 2.24) is 0 Å². The summed E-state index contributed by atoms with van der Waals surface area (Å²) < 4.78 is 20.9. The van der Waals surface area contributed by atoms with Gasteiger partial charge in [0.2, 0.25) is 5.75 Å². The lowest BCUT2D eigenvalue weighted by Crippen LogP contribution is -1.99. The van der Waals surface area contributed by atoms with Gasteiger partial charge in [-0.25, -0.2) is 4.79 Å². The van der Waals surface area contributed by atoms with Gasteiger partial charge in [-0.3, -0.25) is 0 Å². The molecule has 1 atom stereocenters. The molecule has 1 fully saturated rings. The van der Waals surface area contributed by atoms with E-state index in [2.05, 4.69) is 0 Å². The summed E-state index contributed by atoms with van der Waals surface area (Å²) in [7, 11) is 4.66. The number of cyclic esters (lactones) is 1. The van der Waals surface area contributed by atoms with Gasteiger partial charge < -0.3 is 18.9 Å². The quantitative estimate of drug-likeness (QED) is 0.625. The second kappa shape index (κ2) is 5.86. The molecule has 20 heavy (non-hydrogen) atoms. The highest BCUT2D eigenvalue weighted by Gasteiger charge is 2.25. The highest BCUT2D eigenvalue weighted by atomic mass is 16.5. The van der Waals surface area contributed by atoms with Crippen molar-refractivity contribution in [2.75, 3.05) is 21.3 Å². The van der Waals surface area contributed by atoms with Gasteiger partial charge in [0.05, 0.1) is 21.3 Å². The van der Waals surface area contributed by atoms with Crippen molar-refractivity contribution in [3.8, 4) is 17.2 Å². The van der Waals surface area contributed by atoms with Crippen molar-refractivity contribution in [2.24, 2.45) is 0 Å². The molecule has 1 aliphatic heterocycles. The number of hydrogen-bond donors (Lipinski definition) is 0. The van der Waals surface area contributed by atoms with Crippen LogP contribution in [0.1, 0.15) is 18.9 Å². The zero-order valence-electron chi connectivity index (χ0n) is 12.1. The molecule has 0 aromatic heterocycles. The molecule has 5 heteroatoms. The Bertz CT molecular complexity index is 522. The summed E-state index contributed by atoms with van der Waals surface area (Å²) in [5.74, 6) is 1.36. The zero-order chi connectivity index (χ0) is 14.7. The average molecular weight is 278 g/mol. The summed E-state index contributed by atoms with van der Waals surface area (Å²) in [5, 5.41) is 0. The fraction of sp³-hybridized carbons (Fsp3) is 0.400. The van der Waals surface area contributed by atoms with Crippen molar-refractivity contribution in [2.45, 2.75) is 19.4 Å². The first-order valence-corrected chi connectivity index (χ1v) is 6.30. The van der Waals surface area contributed by atoms with Gasteiger partial charge in [-0.15, -0.1) is 0 Å². The van der Waals surface area contributed by atoms with E-state index in [1.54, 1.807) is 39.5 Å². The van der Waals surface area contributed by atoms with E-state index in [1.165, 1.54) is 0 Å². The molecule has 0 unspecified atom stereocenters. The highest BCUT2D eigenvalue weighted by Crippen LogP contribution is 2.39. The molecule has 5 nitrogen and oxygen atoms in total. The molecule has 2 rings (SSSR count). The van der Waals surface area contributed by atoms with Crippen LogP contribution >= 0.6 is 0 Å². The molecule has 1 heterocycles. The number of hydrogen-bond acceptors (Lipinski definition) is 5. The van der Waals surface area contributed by atoms with Crippen molar-refractivity contribution in [3.05, 3.63) is 23.3 Å². The maximum Gasteiger partial charge on any atom is 0.334 e. The van der Waals surface area contributed by atoms with Crippen LogP contribution in [0.25, 0.3) is 6.08 Å². The van der Waals surface area contributed by atoms with E-state index >= 15 is 0 Å². The number of ether oxygens (including phenoxy) is 4. The van der Waals surface area contributed by atoms with Crippen LogP contribution in [0.2, 0.25) is 0 Å². The summed E-state index contributed by atoms with van der Waals surface area (Å²) in [6.07, 6.45) is 2.32. The summed E-state index contributed by atoms with van der Waals surface area (Å²) in [5.41, 5.74) is 1.45. The Morgan fingerprint density at radius 3 is 2.15 bits per heavy atom. The molecular formula is C15H18O5. The molecule has 1 aliphatic rings. The summed E-state index contributed by atoms with van der Waals surface area (Å²) in [6.45, 7) is 1.87. The highest BCUT2D eigenvalue weighted by molar-refractivity contribution is 5.95. The lowest BCUT2D eigenvalue weighted by atomic mass is 10.1. The number of carbonyl (C=O) groups is 1. The van der Waals surface area contributed by atoms with Crippen LogP contribution in [0.3, 0.4) is 0 Å². The number of benzene rings is 1. The lowest BCUT2D eigenvalue weighted by molar-refractivity contribution is -0.138. The molecule has 0 saturated carbocycles. The number of rotatable bonds is 4. The first-order chi connectivity index (χ1) is 9.58. The summed E-state index contributed by atoms with van der Waals surface area (Å²) >= 11 is 0. The minimum absolute atomic E-state index is 0.0733.